The molecule has 0 amide bonds. The Morgan fingerprint density at radius 2 is 2.10 bits per heavy atom. The van der Waals surface area contributed by atoms with Crippen LogP contribution in [0.4, 0.5) is 0 Å². The van der Waals surface area contributed by atoms with Crippen molar-refractivity contribution in [3.05, 3.63) is 0 Å². The van der Waals surface area contributed by atoms with Gasteiger partial charge >= 0.3 is 0 Å². The van der Waals surface area contributed by atoms with Crippen LogP contribution in [0.5, 0.6) is 0 Å². The molecular weight excluding hydrogens is 126 g/mol. The molecule has 60 valence electrons. The molecule has 10 heavy (non-hydrogen) atoms. The van der Waals surface area contributed by atoms with Crippen LogP contribution in [-0.4, -0.2) is 24.8 Å². The van der Waals surface area contributed by atoms with Crippen molar-refractivity contribution in [1.29, 1.82) is 0 Å². The summed E-state index contributed by atoms with van der Waals surface area (Å²) in [5.74, 6) is 0. The number of rotatable bonds is 1. The van der Waals surface area contributed by atoms with E-state index in [1.54, 1.807) is 0 Å². The molecule has 1 saturated heterocycles. The molecule has 1 heterocycles. The minimum absolute atomic E-state index is 0.234. The van der Waals surface area contributed by atoms with Gasteiger partial charge in [-0.25, -0.2) is 0 Å². The summed E-state index contributed by atoms with van der Waals surface area (Å²) in [4.78, 5) is 0. The zero-order chi connectivity index (χ0) is 7.61. The standard InChI is InChI=1S/C8H17NO/c1-8(2,3)9-7-4-5-10-6-7/h7,9H,4-6H2,1-3H3/t7-/m0/s1. The Morgan fingerprint density at radius 3 is 2.50 bits per heavy atom. The molecule has 0 unspecified atom stereocenters. The highest BCUT2D eigenvalue weighted by molar-refractivity contribution is 4.79. The lowest BCUT2D eigenvalue weighted by molar-refractivity contribution is 0.184. The van der Waals surface area contributed by atoms with Crippen molar-refractivity contribution >= 4 is 0 Å². The van der Waals surface area contributed by atoms with E-state index in [0.717, 1.165) is 19.6 Å². The molecule has 1 aliphatic heterocycles. The summed E-state index contributed by atoms with van der Waals surface area (Å²) in [6, 6.07) is 0.583. The lowest BCUT2D eigenvalue weighted by Crippen LogP contribution is -2.43. The number of nitrogens with one attached hydrogen (secondary N) is 1. The van der Waals surface area contributed by atoms with Crippen molar-refractivity contribution < 1.29 is 4.74 Å². The van der Waals surface area contributed by atoms with Crippen LogP contribution in [0.2, 0.25) is 0 Å². The first kappa shape index (κ1) is 8.02. The smallest absolute Gasteiger partial charge is 0.0620 e. The summed E-state index contributed by atoms with van der Waals surface area (Å²) in [6.07, 6.45) is 1.16. The first-order valence-electron chi connectivity index (χ1n) is 3.93. The maximum atomic E-state index is 5.24. The summed E-state index contributed by atoms with van der Waals surface area (Å²) in [6.45, 7) is 8.37. The Morgan fingerprint density at radius 1 is 1.40 bits per heavy atom. The third-order valence-electron chi connectivity index (χ3n) is 1.57. The van der Waals surface area contributed by atoms with Crippen molar-refractivity contribution in [1.82, 2.24) is 5.32 Å². The van der Waals surface area contributed by atoms with E-state index >= 15 is 0 Å². The molecule has 2 heteroatoms. The molecule has 1 N–H and O–H groups in total. The van der Waals surface area contributed by atoms with Crippen LogP contribution in [0.25, 0.3) is 0 Å². The van der Waals surface area contributed by atoms with Gasteiger partial charge in [-0.3, -0.25) is 0 Å². The van der Waals surface area contributed by atoms with Gasteiger partial charge in [0.15, 0.2) is 0 Å². The van der Waals surface area contributed by atoms with E-state index in [-0.39, 0.29) is 5.54 Å². The zero-order valence-electron chi connectivity index (χ0n) is 7.11. The van der Waals surface area contributed by atoms with Gasteiger partial charge in [0.1, 0.15) is 0 Å². The Labute approximate surface area is 63.0 Å². The average molecular weight is 143 g/mol. The summed E-state index contributed by atoms with van der Waals surface area (Å²) in [5, 5.41) is 3.49. The van der Waals surface area contributed by atoms with E-state index < -0.39 is 0 Å². The van der Waals surface area contributed by atoms with Crippen LogP contribution < -0.4 is 5.32 Å². The molecule has 1 aliphatic rings. The Hall–Kier alpha value is -0.0800. The largest absolute Gasteiger partial charge is 0.380 e. The highest BCUT2D eigenvalue weighted by Crippen LogP contribution is 2.08. The third kappa shape index (κ3) is 2.67. The molecule has 0 radical (unpaired) electrons. The Kier molecular flexibility index (Phi) is 2.32. The maximum Gasteiger partial charge on any atom is 0.0620 e. The normalized spacial score (nSPS) is 27.3. The molecule has 0 aliphatic carbocycles. The van der Waals surface area contributed by atoms with Gasteiger partial charge in [0.25, 0.3) is 0 Å². The lowest BCUT2D eigenvalue weighted by atomic mass is 10.1. The maximum absolute atomic E-state index is 5.24. The van der Waals surface area contributed by atoms with Crippen LogP contribution in [0, 0.1) is 0 Å². The molecule has 1 fully saturated rings. The molecule has 1 rings (SSSR count). The highest BCUT2D eigenvalue weighted by Gasteiger charge is 2.20. The van der Waals surface area contributed by atoms with Crippen LogP contribution in [0.3, 0.4) is 0 Å². The fraction of sp³-hybridized carbons (Fsp3) is 1.00. The van der Waals surface area contributed by atoms with Gasteiger partial charge in [-0.05, 0) is 27.2 Å². The van der Waals surface area contributed by atoms with Crippen molar-refractivity contribution in [2.75, 3.05) is 13.2 Å². The van der Waals surface area contributed by atoms with Gasteiger partial charge in [0.2, 0.25) is 0 Å². The Bertz CT molecular complexity index is 100. The van der Waals surface area contributed by atoms with Gasteiger partial charge in [-0.2, -0.15) is 0 Å². The number of hydrogen-bond acceptors (Lipinski definition) is 2. The van der Waals surface area contributed by atoms with Gasteiger partial charge in [-0.15, -0.1) is 0 Å². The van der Waals surface area contributed by atoms with Gasteiger partial charge in [0.05, 0.1) is 6.61 Å². The lowest BCUT2D eigenvalue weighted by Gasteiger charge is -2.24. The number of ether oxygens (including phenoxy) is 1. The summed E-state index contributed by atoms with van der Waals surface area (Å²) in [5.41, 5.74) is 0.234. The highest BCUT2D eigenvalue weighted by atomic mass is 16.5. The minimum atomic E-state index is 0.234. The van der Waals surface area contributed by atoms with Crippen molar-refractivity contribution in [2.45, 2.75) is 38.8 Å². The predicted octanol–water partition coefficient (Wildman–Crippen LogP) is 1.16. The SMILES string of the molecule is CC(C)(C)N[C@H]1CCOC1. The molecule has 1 atom stereocenters. The summed E-state index contributed by atoms with van der Waals surface area (Å²) in [7, 11) is 0. The fourth-order valence-corrected chi connectivity index (χ4v) is 1.26. The molecular formula is C8H17NO. The average Bonchev–Trinajstić information content (AvgIpc) is 2.12. The van der Waals surface area contributed by atoms with E-state index in [4.69, 9.17) is 4.74 Å². The molecule has 0 aromatic rings. The molecule has 2 nitrogen and oxygen atoms in total. The quantitative estimate of drug-likeness (QED) is 0.595. The number of hydrogen-bond donors (Lipinski definition) is 1. The predicted molar refractivity (Wildman–Crippen MR) is 42.1 cm³/mol. The van der Waals surface area contributed by atoms with Crippen LogP contribution in [0.15, 0.2) is 0 Å². The zero-order valence-corrected chi connectivity index (χ0v) is 7.11. The van der Waals surface area contributed by atoms with Gasteiger partial charge in [0, 0.05) is 18.2 Å². The molecule has 0 saturated carbocycles. The second-order valence-corrected chi connectivity index (χ2v) is 3.95. The van der Waals surface area contributed by atoms with Crippen LogP contribution in [-0.2, 0) is 4.74 Å². The van der Waals surface area contributed by atoms with Crippen LogP contribution in [0.1, 0.15) is 27.2 Å². The van der Waals surface area contributed by atoms with E-state index in [1.165, 1.54) is 0 Å². The Balaban J connectivity index is 2.24. The second kappa shape index (κ2) is 2.89. The summed E-state index contributed by atoms with van der Waals surface area (Å²) < 4.78 is 5.24. The van der Waals surface area contributed by atoms with E-state index in [0.29, 0.717) is 6.04 Å². The monoisotopic (exact) mass is 143 g/mol. The second-order valence-electron chi connectivity index (χ2n) is 3.95. The van der Waals surface area contributed by atoms with E-state index in [1.807, 2.05) is 0 Å². The summed E-state index contributed by atoms with van der Waals surface area (Å²) >= 11 is 0. The fourth-order valence-electron chi connectivity index (χ4n) is 1.26. The van der Waals surface area contributed by atoms with Crippen molar-refractivity contribution in [2.24, 2.45) is 0 Å². The third-order valence-corrected chi connectivity index (χ3v) is 1.57. The van der Waals surface area contributed by atoms with Crippen molar-refractivity contribution in [3.63, 3.8) is 0 Å². The van der Waals surface area contributed by atoms with E-state index in [9.17, 15) is 0 Å². The van der Waals surface area contributed by atoms with Crippen LogP contribution >= 0.6 is 0 Å². The van der Waals surface area contributed by atoms with E-state index in [2.05, 4.69) is 26.1 Å². The molecule has 0 spiro atoms. The molecule has 0 aromatic heterocycles. The van der Waals surface area contributed by atoms with Gasteiger partial charge < -0.3 is 10.1 Å². The topological polar surface area (TPSA) is 21.3 Å². The minimum Gasteiger partial charge on any atom is -0.380 e. The van der Waals surface area contributed by atoms with Crippen molar-refractivity contribution in [3.8, 4) is 0 Å². The first-order valence-corrected chi connectivity index (χ1v) is 3.93. The van der Waals surface area contributed by atoms with Gasteiger partial charge in [-0.1, -0.05) is 0 Å². The first-order chi connectivity index (χ1) is 4.58. The molecule has 0 aromatic carbocycles. The molecule has 0 bridgehead atoms.